The highest BCUT2D eigenvalue weighted by Gasteiger charge is 2.32. The van der Waals surface area contributed by atoms with Crippen LogP contribution in [0.2, 0.25) is 0 Å². The van der Waals surface area contributed by atoms with Crippen LogP contribution in [0, 0.1) is 5.92 Å². The summed E-state index contributed by atoms with van der Waals surface area (Å²) >= 11 is 2.89. The molecule has 0 spiro atoms. The number of nitrogens with zero attached hydrogens (tertiary/aromatic N) is 4. The minimum absolute atomic E-state index is 0.0527. The van der Waals surface area contributed by atoms with Crippen LogP contribution in [0.5, 0.6) is 0 Å². The van der Waals surface area contributed by atoms with Gasteiger partial charge in [0, 0.05) is 42.7 Å². The number of carbonyl (C=O) groups is 1. The van der Waals surface area contributed by atoms with Crippen molar-refractivity contribution < 1.29 is 4.79 Å². The summed E-state index contributed by atoms with van der Waals surface area (Å²) in [6, 6.07) is 5.83. The zero-order chi connectivity index (χ0) is 23.2. The van der Waals surface area contributed by atoms with Crippen LogP contribution in [0.4, 0.5) is 11.5 Å². The Hall–Kier alpha value is -2.82. The van der Waals surface area contributed by atoms with Crippen LogP contribution in [0.1, 0.15) is 23.8 Å². The number of hydrogen-bond donors (Lipinski definition) is 2. The SMILES string of the molecule is CCN1CCN(C(=O)[C@@H]2CCc3c(sc4ncnc(Nc5ccc6[nH]c(=O)sc6c5)c34)C2)CC1. The number of likely N-dealkylation sites (N-methyl/N-ethyl adjacent to an activating group) is 1. The van der Waals surface area contributed by atoms with Gasteiger partial charge in [-0.1, -0.05) is 18.3 Å². The number of aromatic amines is 1. The molecule has 0 radical (unpaired) electrons. The first-order valence-electron chi connectivity index (χ1n) is 11.8. The van der Waals surface area contributed by atoms with Crippen LogP contribution in [0.25, 0.3) is 20.4 Å². The third kappa shape index (κ3) is 3.89. The molecule has 1 aliphatic carbocycles. The highest BCUT2D eigenvalue weighted by Crippen LogP contribution is 2.41. The van der Waals surface area contributed by atoms with E-state index in [4.69, 9.17) is 0 Å². The van der Waals surface area contributed by atoms with Gasteiger partial charge in [-0.15, -0.1) is 11.3 Å². The van der Waals surface area contributed by atoms with E-state index in [-0.39, 0.29) is 10.8 Å². The number of thiazole rings is 1. The molecule has 0 unspecified atom stereocenters. The van der Waals surface area contributed by atoms with Gasteiger partial charge in [0.05, 0.1) is 15.6 Å². The molecule has 1 saturated heterocycles. The predicted octanol–water partition coefficient (Wildman–Crippen LogP) is 3.61. The van der Waals surface area contributed by atoms with E-state index in [0.29, 0.717) is 5.91 Å². The molecule has 1 atom stereocenters. The number of fused-ring (bicyclic) bond motifs is 4. The lowest BCUT2D eigenvalue weighted by Crippen LogP contribution is -2.50. The molecule has 6 rings (SSSR count). The molecule has 4 aromatic rings. The second kappa shape index (κ2) is 8.75. The summed E-state index contributed by atoms with van der Waals surface area (Å²) in [5, 5.41) is 4.51. The molecule has 176 valence electrons. The quantitative estimate of drug-likeness (QED) is 0.450. The fourth-order valence-electron chi connectivity index (χ4n) is 5.12. The number of aryl methyl sites for hydroxylation is 1. The minimum atomic E-state index is -0.0557. The van der Waals surface area contributed by atoms with E-state index in [1.165, 1.54) is 21.8 Å². The Morgan fingerprint density at radius 1 is 1.21 bits per heavy atom. The van der Waals surface area contributed by atoms with Crippen LogP contribution in [-0.4, -0.2) is 63.4 Å². The fraction of sp³-hybridized carbons (Fsp3) is 0.417. The summed E-state index contributed by atoms with van der Waals surface area (Å²) in [7, 11) is 0. The van der Waals surface area contributed by atoms with Crippen molar-refractivity contribution in [1.29, 1.82) is 0 Å². The fourth-order valence-corrected chi connectivity index (χ4v) is 7.16. The number of carbonyl (C=O) groups excluding carboxylic acids is 1. The van der Waals surface area contributed by atoms with Crippen LogP contribution >= 0.6 is 22.7 Å². The zero-order valence-corrected chi connectivity index (χ0v) is 20.6. The normalized spacial score (nSPS) is 19.0. The lowest BCUT2D eigenvalue weighted by Gasteiger charge is -2.36. The summed E-state index contributed by atoms with van der Waals surface area (Å²) in [5.41, 5.74) is 3.00. The molecule has 1 fully saturated rings. The van der Waals surface area contributed by atoms with Gasteiger partial charge >= 0.3 is 4.87 Å². The zero-order valence-electron chi connectivity index (χ0n) is 19.0. The molecule has 2 N–H and O–H groups in total. The van der Waals surface area contributed by atoms with Gasteiger partial charge in [0.15, 0.2) is 0 Å². The Bertz CT molecular complexity index is 1430. The third-order valence-electron chi connectivity index (χ3n) is 7.01. The number of nitrogens with one attached hydrogen (secondary N) is 2. The Balaban J connectivity index is 1.25. The summed E-state index contributed by atoms with van der Waals surface area (Å²) in [4.78, 5) is 43.4. The number of H-pyrrole nitrogens is 1. The average Bonchev–Trinajstić information content (AvgIpc) is 3.42. The van der Waals surface area contributed by atoms with Gasteiger partial charge in [-0.25, -0.2) is 9.97 Å². The molecule has 8 nitrogen and oxygen atoms in total. The maximum absolute atomic E-state index is 13.2. The Morgan fingerprint density at radius 3 is 2.88 bits per heavy atom. The lowest BCUT2D eigenvalue weighted by molar-refractivity contribution is -0.137. The van der Waals surface area contributed by atoms with E-state index in [1.54, 1.807) is 17.7 Å². The summed E-state index contributed by atoms with van der Waals surface area (Å²) in [6.07, 6.45) is 4.10. The number of amides is 1. The smallest absolute Gasteiger partial charge is 0.305 e. The maximum atomic E-state index is 13.2. The van der Waals surface area contributed by atoms with E-state index < -0.39 is 0 Å². The van der Waals surface area contributed by atoms with Crippen LogP contribution < -0.4 is 10.2 Å². The van der Waals surface area contributed by atoms with Crippen LogP contribution in [0.3, 0.4) is 0 Å². The Kier molecular flexibility index (Phi) is 5.59. The number of thiophene rings is 1. The third-order valence-corrected chi connectivity index (χ3v) is 9.02. The second-order valence-electron chi connectivity index (χ2n) is 8.96. The maximum Gasteiger partial charge on any atom is 0.305 e. The molecule has 3 aromatic heterocycles. The highest BCUT2D eigenvalue weighted by molar-refractivity contribution is 7.19. The molecule has 1 amide bonds. The molecule has 4 heterocycles. The Morgan fingerprint density at radius 2 is 2.06 bits per heavy atom. The lowest BCUT2D eigenvalue weighted by atomic mass is 9.86. The standard InChI is InChI=1S/C24H26N6O2S2/c1-2-29-7-9-30(10-8-29)23(31)14-3-5-16-18(11-14)33-22-20(16)21(25-13-26-22)27-15-4-6-17-19(12-15)34-24(32)28-17/h4,6,12-14H,2-3,5,7-11H2,1H3,(H,28,32)(H,25,26,27)/t14-/m1/s1. The molecule has 1 aliphatic heterocycles. The first kappa shape index (κ1) is 21.7. The van der Waals surface area contributed by atoms with Crippen molar-refractivity contribution in [2.24, 2.45) is 5.92 Å². The number of anilines is 2. The van der Waals surface area contributed by atoms with Crippen molar-refractivity contribution in [3.05, 3.63) is 44.6 Å². The van der Waals surface area contributed by atoms with Gasteiger partial charge in [-0.3, -0.25) is 9.59 Å². The topological polar surface area (TPSA) is 94.2 Å². The van der Waals surface area contributed by atoms with Gasteiger partial charge < -0.3 is 20.1 Å². The number of rotatable bonds is 4. The molecule has 34 heavy (non-hydrogen) atoms. The first-order chi connectivity index (χ1) is 16.6. The van der Waals surface area contributed by atoms with Crippen molar-refractivity contribution in [1.82, 2.24) is 24.8 Å². The Labute approximate surface area is 204 Å². The van der Waals surface area contributed by atoms with E-state index in [0.717, 1.165) is 83.9 Å². The van der Waals surface area contributed by atoms with Gasteiger partial charge in [0.1, 0.15) is 17.0 Å². The molecule has 2 aliphatic rings. The predicted molar refractivity (Wildman–Crippen MR) is 137 cm³/mol. The first-order valence-corrected chi connectivity index (χ1v) is 13.4. The summed E-state index contributed by atoms with van der Waals surface area (Å²) < 4.78 is 0.911. The number of hydrogen-bond acceptors (Lipinski definition) is 8. The summed E-state index contributed by atoms with van der Waals surface area (Å²) in [6.45, 7) is 6.84. The molecule has 1 aromatic carbocycles. The number of piperazine rings is 1. The molecule has 10 heteroatoms. The van der Waals surface area contributed by atoms with Gasteiger partial charge in [0.25, 0.3) is 0 Å². The highest BCUT2D eigenvalue weighted by atomic mass is 32.1. The van der Waals surface area contributed by atoms with E-state index >= 15 is 0 Å². The second-order valence-corrected chi connectivity index (χ2v) is 11.1. The summed E-state index contributed by atoms with van der Waals surface area (Å²) in [5.74, 6) is 1.14. The largest absolute Gasteiger partial charge is 0.340 e. The number of aromatic nitrogens is 3. The molecular weight excluding hydrogens is 468 g/mol. The van der Waals surface area contributed by atoms with Crippen LogP contribution in [-0.2, 0) is 17.6 Å². The molecule has 0 bridgehead atoms. The van der Waals surface area contributed by atoms with E-state index in [9.17, 15) is 9.59 Å². The van der Waals surface area contributed by atoms with Crippen molar-refractivity contribution >= 4 is 60.5 Å². The minimum Gasteiger partial charge on any atom is -0.340 e. The molecular formula is C24H26N6O2S2. The molecule has 0 saturated carbocycles. The van der Waals surface area contributed by atoms with Gasteiger partial charge in [0.2, 0.25) is 5.91 Å². The van der Waals surface area contributed by atoms with Crippen molar-refractivity contribution in [3.8, 4) is 0 Å². The van der Waals surface area contributed by atoms with E-state index in [2.05, 4.69) is 37.0 Å². The van der Waals surface area contributed by atoms with Gasteiger partial charge in [-0.05, 0) is 49.6 Å². The van der Waals surface area contributed by atoms with E-state index in [1.807, 2.05) is 18.2 Å². The van der Waals surface area contributed by atoms with Gasteiger partial charge in [-0.2, -0.15) is 0 Å². The number of benzene rings is 1. The van der Waals surface area contributed by atoms with Crippen molar-refractivity contribution in [2.45, 2.75) is 26.2 Å². The van der Waals surface area contributed by atoms with Crippen molar-refractivity contribution in [2.75, 3.05) is 38.0 Å². The van der Waals surface area contributed by atoms with Crippen molar-refractivity contribution in [3.63, 3.8) is 0 Å². The average molecular weight is 495 g/mol. The van der Waals surface area contributed by atoms with Crippen LogP contribution in [0.15, 0.2) is 29.3 Å². The monoisotopic (exact) mass is 494 g/mol.